The first-order chi connectivity index (χ1) is 15.5. The molecule has 0 unspecified atom stereocenters. The summed E-state index contributed by atoms with van der Waals surface area (Å²) in [5, 5.41) is 6.63. The second-order valence-corrected chi connectivity index (χ2v) is 9.55. The van der Waals surface area contributed by atoms with Crippen LogP contribution in [-0.2, 0) is 0 Å². The SMILES string of the molecule is Clc1ccc(-c2cc(C3CCNCC3)nc3c(-c4c(Cl)cccc4Cl)nccc23)c(Cl)c1. The van der Waals surface area contributed by atoms with E-state index in [1.807, 2.05) is 36.4 Å². The fraction of sp³-hybridized carbons (Fsp3) is 0.200. The molecule has 1 aliphatic rings. The molecule has 1 aliphatic heterocycles. The number of rotatable bonds is 3. The lowest BCUT2D eigenvalue weighted by atomic mass is 9.90. The van der Waals surface area contributed by atoms with E-state index in [1.54, 1.807) is 12.3 Å². The summed E-state index contributed by atoms with van der Waals surface area (Å²) in [4.78, 5) is 9.77. The van der Waals surface area contributed by atoms with E-state index in [2.05, 4.69) is 16.4 Å². The summed E-state index contributed by atoms with van der Waals surface area (Å²) in [6, 6.07) is 15.1. The number of fused-ring (bicyclic) bond motifs is 1. The fourth-order valence-corrected chi connectivity index (χ4v) is 5.42. The molecule has 4 aromatic rings. The largest absolute Gasteiger partial charge is 0.317 e. The van der Waals surface area contributed by atoms with Crippen molar-refractivity contribution in [3.8, 4) is 22.4 Å². The Bertz CT molecular complexity index is 1300. The molecule has 3 nitrogen and oxygen atoms in total. The molecule has 0 aliphatic carbocycles. The normalized spacial score (nSPS) is 14.8. The summed E-state index contributed by atoms with van der Waals surface area (Å²) in [6.07, 6.45) is 3.81. The molecule has 0 spiro atoms. The van der Waals surface area contributed by atoms with Gasteiger partial charge in [0.25, 0.3) is 0 Å². The minimum Gasteiger partial charge on any atom is -0.317 e. The Morgan fingerprint density at radius 3 is 2.28 bits per heavy atom. The van der Waals surface area contributed by atoms with Gasteiger partial charge in [0.2, 0.25) is 0 Å². The highest BCUT2D eigenvalue weighted by Gasteiger charge is 2.22. The van der Waals surface area contributed by atoms with Gasteiger partial charge in [-0.2, -0.15) is 0 Å². The monoisotopic (exact) mass is 501 g/mol. The summed E-state index contributed by atoms with van der Waals surface area (Å²) in [5.41, 5.74) is 5.04. The maximum atomic E-state index is 6.64. The molecule has 0 amide bonds. The molecule has 32 heavy (non-hydrogen) atoms. The van der Waals surface area contributed by atoms with Gasteiger partial charge in [-0.05, 0) is 67.9 Å². The number of hydrogen-bond acceptors (Lipinski definition) is 3. The first-order valence-corrected chi connectivity index (χ1v) is 11.9. The minimum absolute atomic E-state index is 0.347. The first kappa shape index (κ1) is 21.9. The van der Waals surface area contributed by atoms with Gasteiger partial charge < -0.3 is 5.32 Å². The van der Waals surface area contributed by atoms with Crippen LogP contribution in [0.1, 0.15) is 24.5 Å². The number of nitrogens with one attached hydrogen (secondary N) is 1. The van der Waals surface area contributed by atoms with Crippen LogP contribution >= 0.6 is 46.4 Å². The number of hydrogen-bond donors (Lipinski definition) is 1. The molecule has 3 heterocycles. The van der Waals surface area contributed by atoms with Crippen LogP contribution in [0.25, 0.3) is 33.3 Å². The van der Waals surface area contributed by atoms with Crippen molar-refractivity contribution < 1.29 is 0 Å². The molecule has 0 saturated carbocycles. The van der Waals surface area contributed by atoms with Crippen LogP contribution in [0, 0.1) is 0 Å². The zero-order valence-corrected chi connectivity index (χ0v) is 20.0. The highest BCUT2D eigenvalue weighted by Crippen LogP contribution is 2.42. The highest BCUT2D eigenvalue weighted by molar-refractivity contribution is 6.39. The molecule has 5 rings (SSSR count). The Morgan fingerprint density at radius 2 is 1.56 bits per heavy atom. The van der Waals surface area contributed by atoms with Crippen LogP contribution in [0.3, 0.4) is 0 Å². The van der Waals surface area contributed by atoms with Gasteiger partial charge in [-0.15, -0.1) is 0 Å². The molecule has 0 radical (unpaired) electrons. The minimum atomic E-state index is 0.347. The molecular formula is C25H19Cl4N3. The van der Waals surface area contributed by atoms with E-state index < -0.39 is 0 Å². The van der Waals surface area contributed by atoms with Gasteiger partial charge in [-0.3, -0.25) is 9.97 Å². The number of nitrogens with zero attached hydrogens (tertiary/aromatic N) is 2. The average molecular weight is 503 g/mol. The van der Waals surface area contributed by atoms with Gasteiger partial charge in [-0.25, -0.2) is 0 Å². The zero-order valence-electron chi connectivity index (χ0n) is 17.0. The quantitative estimate of drug-likeness (QED) is 0.308. The number of benzene rings is 2. The van der Waals surface area contributed by atoms with Gasteiger partial charge in [0.05, 0.1) is 21.3 Å². The third-order valence-electron chi connectivity index (χ3n) is 5.93. The maximum Gasteiger partial charge on any atom is 0.0994 e. The fourth-order valence-electron chi connectivity index (χ4n) is 4.34. The van der Waals surface area contributed by atoms with Gasteiger partial charge in [0.1, 0.15) is 0 Å². The summed E-state index contributed by atoms with van der Waals surface area (Å²) in [6.45, 7) is 1.94. The van der Waals surface area contributed by atoms with E-state index in [0.717, 1.165) is 53.7 Å². The molecule has 1 N–H and O–H groups in total. The molecule has 0 atom stereocenters. The second kappa shape index (κ2) is 9.17. The Kier molecular flexibility index (Phi) is 6.28. The average Bonchev–Trinajstić information content (AvgIpc) is 2.79. The summed E-state index contributed by atoms with van der Waals surface area (Å²) in [5.74, 6) is 0.347. The predicted octanol–water partition coefficient (Wildman–Crippen LogP) is 8.04. The van der Waals surface area contributed by atoms with Crippen molar-refractivity contribution in [2.75, 3.05) is 13.1 Å². The maximum absolute atomic E-state index is 6.64. The van der Waals surface area contributed by atoms with Crippen molar-refractivity contribution in [2.45, 2.75) is 18.8 Å². The Balaban J connectivity index is 1.83. The second-order valence-electron chi connectivity index (χ2n) is 7.90. The van der Waals surface area contributed by atoms with Gasteiger partial charge >= 0.3 is 0 Å². The molecular weight excluding hydrogens is 484 g/mol. The van der Waals surface area contributed by atoms with Crippen LogP contribution < -0.4 is 5.32 Å². The standard InChI is InChI=1S/C25H19Cl4N3/c26-15-4-5-16(21(29)12-15)18-13-22(14-6-9-30-10-7-14)32-24-17(18)8-11-31-25(24)23-19(27)2-1-3-20(23)28/h1-5,8,11-14,30H,6-7,9-10H2. The Labute approximate surface area is 206 Å². The topological polar surface area (TPSA) is 37.8 Å². The number of piperidine rings is 1. The zero-order chi connectivity index (χ0) is 22.2. The van der Waals surface area contributed by atoms with E-state index in [0.29, 0.717) is 37.3 Å². The van der Waals surface area contributed by atoms with Gasteiger partial charge in [-0.1, -0.05) is 58.5 Å². The van der Waals surface area contributed by atoms with Crippen molar-refractivity contribution in [3.63, 3.8) is 0 Å². The molecule has 1 fully saturated rings. The van der Waals surface area contributed by atoms with Crippen molar-refractivity contribution in [2.24, 2.45) is 0 Å². The number of pyridine rings is 2. The van der Waals surface area contributed by atoms with Crippen molar-refractivity contribution in [3.05, 3.63) is 80.5 Å². The summed E-state index contributed by atoms with van der Waals surface area (Å²) < 4.78 is 0. The third-order valence-corrected chi connectivity index (χ3v) is 7.10. The number of aromatic nitrogens is 2. The van der Waals surface area contributed by atoms with E-state index >= 15 is 0 Å². The van der Waals surface area contributed by atoms with E-state index in [4.69, 9.17) is 51.4 Å². The molecule has 1 saturated heterocycles. The smallest absolute Gasteiger partial charge is 0.0994 e. The van der Waals surface area contributed by atoms with Crippen LogP contribution in [0.15, 0.2) is 54.7 Å². The first-order valence-electron chi connectivity index (χ1n) is 10.4. The van der Waals surface area contributed by atoms with Gasteiger partial charge in [0.15, 0.2) is 0 Å². The summed E-state index contributed by atoms with van der Waals surface area (Å²) >= 11 is 25.9. The van der Waals surface area contributed by atoms with Crippen molar-refractivity contribution >= 4 is 57.3 Å². The van der Waals surface area contributed by atoms with Crippen LogP contribution in [-0.4, -0.2) is 23.1 Å². The molecule has 2 aromatic carbocycles. The molecule has 162 valence electrons. The van der Waals surface area contributed by atoms with E-state index in [1.165, 1.54) is 0 Å². The van der Waals surface area contributed by atoms with Crippen LogP contribution in [0.5, 0.6) is 0 Å². The molecule has 7 heteroatoms. The van der Waals surface area contributed by atoms with E-state index in [9.17, 15) is 0 Å². The molecule has 2 aromatic heterocycles. The number of halogens is 4. The Morgan fingerprint density at radius 1 is 0.812 bits per heavy atom. The predicted molar refractivity (Wildman–Crippen MR) is 135 cm³/mol. The lowest BCUT2D eigenvalue weighted by Gasteiger charge is -2.24. The Hall–Kier alpha value is -1.88. The van der Waals surface area contributed by atoms with Crippen molar-refractivity contribution in [1.82, 2.24) is 15.3 Å². The van der Waals surface area contributed by atoms with E-state index in [-0.39, 0.29) is 0 Å². The highest BCUT2D eigenvalue weighted by atomic mass is 35.5. The summed E-state index contributed by atoms with van der Waals surface area (Å²) in [7, 11) is 0. The van der Waals surface area contributed by atoms with Gasteiger partial charge in [0, 0.05) is 44.4 Å². The third kappa shape index (κ3) is 4.09. The van der Waals surface area contributed by atoms with Crippen molar-refractivity contribution in [1.29, 1.82) is 0 Å². The lowest BCUT2D eigenvalue weighted by Crippen LogP contribution is -2.27. The van der Waals surface area contributed by atoms with Crippen LogP contribution in [0.4, 0.5) is 0 Å². The lowest BCUT2D eigenvalue weighted by molar-refractivity contribution is 0.454. The molecule has 0 bridgehead atoms. The van der Waals surface area contributed by atoms with Crippen LogP contribution in [0.2, 0.25) is 20.1 Å².